The van der Waals surface area contributed by atoms with Gasteiger partial charge in [0.2, 0.25) is 0 Å². The molecule has 0 saturated carbocycles. The summed E-state index contributed by atoms with van der Waals surface area (Å²) in [6, 6.07) is 0. The minimum atomic E-state index is 0.311. The Balaban J connectivity index is 2.53. The Hall–Kier alpha value is -0.340. The third kappa shape index (κ3) is 4.35. The van der Waals surface area contributed by atoms with Crippen LogP contribution in [0.5, 0.6) is 0 Å². The van der Waals surface area contributed by atoms with Gasteiger partial charge in [-0.05, 0) is 46.7 Å². The SMILES string of the molecule is CCC1(C)CN(CC=C(C)C)CCCN1. The molecule has 0 aromatic rings. The van der Waals surface area contributed by atoms with Gasteiger partial charge >= 0.3 is 0 Å². The summed E-state index contributed by atoms with van der Waals surface area (Å²) >= 11 is 0. The maximum atomic E-state index is 3.66. The Morgan fingerprint density at radius 2 is 2.20 bits per heavy atom. The van der Waals surface area contributed by atoms with Crippen molar-refractivity contribution in [1.29, 1.82) is 0 Å². The number of nitrogens with zero attached hydrogens (tertiary/aromatic N) is 1. The van der Waals surface area contributed by atoms with Gasteiger partial charge in [0.25, 0.3) is 0 Å². The van der Waals surface area contributed by atoms with Crippen LogP contribution in [-0.2, 0) is 0 Å². The van der Waals surface area contributed by atoms with Gasteiger partial charge in [0.15, 0.2) is 0 Å². The van der Waals surface area contributed by atoms with Crippen molar-refractivity contribution in [2.45, 2.75) is 46.1 Å². The van der Waals surface area contributed by atoms with Gasteiger partial charge < -0.3 is 5.32 Å². The van der Waals surface area contributed by atoms with E-state index in [0.29, 0.717) is 5.54 Å². The van der Waals surface area contributed by atoms with Gasteiger partial charge in [-0.3, -0.25) is 4.90 Å². The van der Waals surface area contributed by atoms with Crippen LogP contribution < -0.4 is 5.32 Å². The number of allylic oxidation sites excluding steroid dienone is 1. The lowest BCUT2D eigenvalue weighted by Gasteiger charge is -2.32. The maximum absolute atomic E-state index is 3.66. The first kappa shape index (κ1) is 12.7. The zero-order valence-electron chi connectivity index (χ0n) is 10.8. The largest absolute Gasteiger partial charge is 0.310 e. The highest BCUT2D eigenvalue weighted by atomic mass is 15.2. The number of rotatable bonds is 3. The van der Waals surface area contributed by atoms with E-state index in [9.17, 15) is 0 Å². The molecule has 0 aromatic heterocycles. The summed E-state index contributed by atoms with van der Waals surface area (Å²) in [6.07, 6.45) is 4.81. The summed E-state index contributed by atoms with van der Waals surface area (Å²) in [5, 5.41) is 3.66. The highest BCUT2D eigenvalue weighted by molar-refractivity contribution is 4.97. The molecule has 1 aliphatic heterocycles. The first-order chi connectivity index (χ1) is 7.06. The van der Waals surface area contributed by atoms with Gasteiger partial charge in [-0.25, -0.2) is 0 Å². The Morgan fingerprint density at radius 1 is 1.47 bits per heavy atom. The third-order valence-electron chi connectivity index (χ3n) is 3.31. The van der Waals surface area contributed by atoms with Crippen molar-refractivity contribution in [3.63, 3.8) is 0 Å². The fourth-order valence-corrected chi connectivity index (χ4v) is 2.03. The van der Waals surface area contributed by atoms with E-state index in [1.54, 1.807) is 0 Å². The van der Waals surface area contributed by atoms with E-state index in [0.717, 1.165) is 13.1 Å². The molecule has 0 bridgehead atoms. The average Bonchev–Trinajstić information content (AvgIpc) is 2.38. The van der Waals surface area contributed by atoms with Crippen LogP contribution in [0.4, 0.5) is 0 Å². The molecule has 0 amide bonds. The molecule has 2 heteroatoms. The molecule has 15 heavy (non-hydrogen) atoms. The Morgan fingerprint density at radius 3 is 2.80 bits per heavy atom. The summed E-state index contributed by atoms with van der Waals surface area (Å²) in [7, 11) is 0. The van der Waals surface area contributed by atoms with E-state index >= 15 is 0 Å². The Bertz CT molecular complexity index is 219. The smallest absolute Gasteiger partial charge is 0.0277 e. The van der Waals surface area contributed by atoms with E-state index in [-0.39, 0.29) is 0 Å². The van der Waals surface area contributed by atoms with Crippen molar-refractivity contribution < 1.29 is 0 Å². The van der Waals surface area contributed by atoms with E-state index in [2.05, 4.69) is 44.0 Å². The van der Waals surface area contributed by atoms with Gasteiger partial charge in [-0.2, -0.15) is 0 Å². The Labute approximate surface area is 94.7 Å². The average molecular weight is 210 g/mol. The number of hydrogen-bond donors (Lipinski definition) is 1. The molecule has 1 aliphatic rings. The minimum absolute atomic E-state index is 0.311. The molecule has 1 unspecified atom stereocenters. The van der Waals surface area contributed by atoms with Crippen molar-refractivity contribution in [3.8, 4) is 0 Å². The summed E-state index contributed by atoms with van der Waals surface area (Å²) in [6.45, 7) is 13.6. The molecule has 1 atom stereocenters. The fourth-order valence-electron chi connectivity index (χ4n) is 2.03. The van der Waals surface area contributed by atoms with Crippen molar-refractivity contribution in [2.24, 2.45) is 0 Å². The Kier molecular flexibility index (Phi) is 4.81. The maximum Gasteiger partial charge on any atom is 0.0277 e. The molecule has 0 aliphatic carbocycles. The monoisotopic (exact) mass is 210 g/mol. The van der Waals surface area contributed by atoms with Crippen LogP contribution in [0.2, 0.25) is 0 Å². The first-order valence-corrected chi connectivity index (χ1v) is 6.16. The van der Waals surface area contributed by atoms with Gasteiger partial charge in [0.05, 0.1) is 0 Å². The number of nitrogens with one attached hydrogen (secondary N) is 1. The van der Waals surface area contributed by atoms with Crippen LogP contribution in [-0.4, -0.2) is 36.6 Å². The molecule has 88 valence electrons. The van der Waals surface area contributed by atoms with Gasteiger partial charge in [0.1, 0.15) is 0 Å². The highest BCUT2D eigenvalue weighted by Crippen LogP contribution is 2.15. The van der Waals surface area contributed by atoms with Crippen LogP contribution in [0, 0.1) is 0 Å². The first-order valence-electron chi connectivity index (χ1n) is 6.16. The van der Waals surface area contributed by atoms with Crippen molar-refractivity contribution in [3.05, 3.63) is 11.6 Å². The fraction of sp³-hybridized carbons (Fsp3) is 0.846. The molecule has 0 aromatic carbocycles. The standard InChI is InChI=1S/C13H26N2/c1-5-13(4)11-15(9-6-8-14-13)10-7-12(2)3/h7,14H,5-6,8-11H2,1-4H3. The van der Waals surface area contributed by atoms with E-state index in [1.165, 1.54) is 31.5 Å². The van der Waals surface area contributed by atoms with Gasteiger partial charge in [0, 0.05) is 18.6 Å². The summed E-state index contributed by atoms with van der Waals surface area (Å²) in [5.74, 6) is 0. The van der Waals surface area contributed by atoms with Gasteiger partial charge in [-0.1, -0.05) is 18.6 Å². The van der Waals surface area contributed by atoms with Crippen LogP contribution >= 0.6 is 0 Å². The highest BCUT2D eigenvalue weighted by Gasteiger charge is 2.26. The molecule has 1 heterocycles. The van der Waals surface area contributed by atoms with E-state index in [4.69, 9.17) is 0 Å². The lowest BCUT2D eigenvalue weighted by molar-refractivity contribution is 0.232. The second-order valence-electron chi connectivity index (χ2n) is 5.21. The second-order valence-corrected chi connectivity index (χ2v) is 5.21. The summed E-state index contributed by atoms with van der Waals surface area (Å²) in [5.41, 5.74) is 1.73. The molecular weight excluding hydrogens is 184 g/mol. The summed E-state index contributed by atoms with van der Waals surface area (Å²) in [4.78, 5) is 2.57. The molecule has 1 N–H and O–H groups in total. The molecule has 1 saturated heterocycles. The lowest BCUT2D eigenvalue weighted by atomic mass is 9.98. The lowest BCUT2D eigenvalue weighted by Crippen LogP contribution is -2.48. The zero-order valence-corrected chi connectivity index (χ0v) is 10.8. The van der Waals surface area contributed by atoms with E-state index < -0.39 is 0 Å². The predicted octanol–water partition coefficient (Wildman–Crippen LogP) is 2.42. The molecule has 0 spiro atoms. The van der Waals surface area contributed by atoms with Crippen LogP contribution in [0.1, 0.15) is 40.5 Å². The van der Waals surface area contributed by atoms with E-state index in [1.807, 2.05) is 0 Å². The molecule has 2 nitrogen and oxygen atoms in total. The third-order valence-corrected chi connectivity index (χ3v) is 3.31. The normalized spacial score (nSPS) is 28.5. The summed E-state index contributed by atoms with van der Waals surface area (Å²) < 4.78 is 0. The molecule has 1 rings (SSSR count). The zero-order chi connectivity index (χ0) is 11.3. The van der Waals surface area contributed by atoms with Crippen molar-refractivity contribution in [2.75, 3.05) is 26.2 Å². The quantitative estimate of drug-likeness (QED) is 0.720. The van der Waals surface area contributed by atoms with Crippen molar-refractivity contribution in [1.82, 2.24) is 10.2 Å². The molecular formula is C13H26N2. The number of hydrogen-bond acceptors (Lipinski definition) is 2. The molecule has 0 radical (unpaired) electrons. The van der Waals surface area contributed by atoms with Crippen LogP contribution in [0.15, 0.2) is 11.6 Å². The van der Waals surface area contributed by atoms with Crippen LogP contribution in [0.25, 0.3) is 0 Å². The topological polar surface area (TPSA) is 15.3 Å². The molecule has 1 fully saturated rings. The second kappa shape index (κ2) is 5.66. The predicted molar refractivity (Wildman–Crippen MR) is 67.2 cm³/mol. The minimum Gasteiger partial charge on any atom is -0.310 e. The van der Waals surface area contributed by atoms with Crippen LogP contribution in [0.3, 0.4) is 0 Å². The van der Waals surface area contributed by atoms with Gasteiger partial charge in [-0.15, -0.1) is 0 Å². The van der Waals surface area contributed by atoms with Crippen molar-refractivity contribution >= 4 is 0 Å².